The average molecular weight is 404 g/mol. The number of hydrogen-bond acceptors (Lipinski definition) is 6. The third-order valence-electron chi connectivity index (χ3n) is 4.89. The van der Waals surface area contributed by atoms with Crippen LogP contribution in [-0.4, -0.2) is 27.6 Å². The van der Waals surface area contributed by atoms with Gasteiger partial charge >= 0.3 is 0 Å². The zero-order chi connectivity index (χ0) is 21.1. The lowest BCUT2D eigenvalue weighted by Gasteiger charge is -2.13. The molecule has 2 heterocycles. The van der Waals surface area contributed by atoms with E-state index in [1.807, 2.05) is 0 Å². The fraction of sp³-hybridized carbons (Fsp3) is 0.182. The number of rotatable bonds is 4. The number of para-hydroxylation sites is 1. The van der Waals surface area contributed by atoms with Crippen LogP contribution in [0.3, 0.4) is 0 Å². The van der Waals surface area contributed by atoms with Crippen LogP contribution in [0.5, 0.6) is 5.75 Å². The van der Waals surface area contributed by atoms with Crippen molar-refractivity contribution in [1.29, 1.82) is 0 Å². The summed E-state index contributed by atoms with van der Waals surface area (Å²) in [7, 11) is 0. The van der Waals surface area contributed by atoms with Crippen molar-refractivity contribution < 1.29 is 19.1 Å². The van der Waals surface area contributed by atoms with Crippen molar-refractivity contribution in [1.82, 2.24) is 10.4 Å². The number of anilines is 1. The maximum atomic E-state index is 12.7. The molecule has 152 valence electrons. The molecule has 0 spiro atoms. The van der Waals surface area contributed by atoms with E-state index in [4.69, 9.17) is 4.42 Å². The van der Waals surface area contributed by atoms with Gasteiger partial charge in [0.15, 0.2) is 5.76 Å². The molecule has 0 fully saturated rings. The van der Waals surface area contributed by atoms with Gasteiger partial charge in [0.2, 0.25) is 0 Å². The van der Waals surface area contributed by atoms with Crippen LogP contribution in [0.4, 0.5) is 5.69 Å². The zero-order valence-electron chi connectivity index (χ0n) is 16.3. The number of nitrogens with zero attached hydrogens (tertiary/aromatic N) is 2. The minimum absolute atomic E-state index is 0.117. The van der Waals surface area contributed by atoms with Gasteiger partial charge in [-0.25, -0.2) is 5.43 Å². The van der Waals surface area contributed by atoms with Gasteiger partial charge in [-0.1, -0.05) is 12.1 Å². The van der Waals surface area contributed by atoms with Crippen molar-refractivity contribution in [3.63, 3.8) is 0 Å². The second kappa shape index (κ2) is 8.20. The highest BCUT2D eigenvalue weighted by Gasteiger charge is 2.28. The molecule has 0 unspecified atom stereocenters. The molecular formula is C22H20N4O4. The van der Waals surface area contributed by atoms with Crippen molar-refractivity contribution in [2.24, 2.45) is 5.10 Å². The Kier molecular flexibility index (Phi) is 5.30. The Morgan fingerprint density at radius 2 is 1.97 bits per heavy atom. The first-order valence-electron chi connectivity index (χ1n) is 9.53. The quantitative estimate of drug-likeness (QED) is 0.576. The number of furan rings is 1. The number of fused-ring (bicyclic) bond motifs is 1. The minimum atomic E-state index is -0.511. The number of hydrazone groups is 1. The Labute approximate surface area is 172 Å². The third-order valence-corrected chi connectivity index (χ3v) is 4.89. The topological polar surface area (TPSA) is 117 Å². The predicted molar refractivity (Wildman–Crippen MR) is 111 cm³/mol. The first kappa shape index (κ1) is 19.4. The van der Waals surface area contributed by atoms with Crippen LogP contribution in [-0.2, 0) is 6.42 Å². The van der Waals surface area contributed by atoms with Crippen LogP contribution < -0.4 is 10.7 Å². The number of phenols is 1. The lowest BCUT2D eigenvalue weighted by atomic mass is 9.93. The molecule has 0 radical (unpaired) electrons. The van der Waals surface area contributed by atoms with Crippen LogP contribution in [0.2, 0.25) is 0 Å². The molecule has 1 aliphatic rings. The largest absolute Gasteiger partial charge is 0.507 e. The van der Waals surface area contributed by atoms with Crippen molar-refractivity contribution in [3.8, 4) is 5.75 Å². The van der Waals surface area contributed by atoms with Gasteiger partial charge in [0.1, 0.15) is 11.5 Å². The molecule has 2 amide bonds. The fourth-order valence-corrected chi connectivity index (χ4v) is 3.47. The van der Waals surface area contributed by atoms with E-state index in [1.54, 1.807) is 43.6 Å². The Balaban J connectivity index is 1.58. The molecule has 30 heavy (non-hydrogen) atoms. The van der Waals surface area contributed by atoms with E-state index in [0.29, 0.717) is 35.6 Å². The SMILES string of the molecule is Cc1c(C(=O)Nc2cccnc2)oc2c1/C(=N/NC(=O)c1ccccc1O)CCC2. The van der Waals surface area contributed by atoms with E-state index < -0.39 is 5.91 Å². The van der Waals surface area contributed by atoms with Gasteiger partial charge in [0, 0.05) is 23.7 Å². The molecule has 1 aliphatic carbocycles. The number of hydrogen-bond donors (Lipinski definition) is 3. The highest BCUT2D eigenvalue weighted by Crippen LogP contribution is 2.30. The molecule has 0 bridgehead atoms. The van der Waals surface area contributed by atoms with Crippen molar-refractivity contribution in [3.05, 3.63) is 77.0 Å². The Morgan fingerprint density at radius 1 is 1.13 bits per heavy atom. The Bertz CT molecular complexity index is 1140. The molecule has 3 aromatic rings. The van der Waals surface area contributed by atoms with E-state index in [-0.39, 0.29) is 23.0 Å². The van der Waals surface area contributed by atoms with E-state index in [0.717, 1.165) is 12.0 Å². The van der Waals surface area contributed by atoms with E-state index in [9.17, 15) is 14.7 Å². The highest BCUT2D eigenvalue weighted by molar-refractivity contribution is 6.09. The number of aromatic hydroxyl groups is 1. The number of carbonyl (C=O) groups excluding carboxylic acids is 2. The van der Waals surface area contributed by atoms with Crippen molar-refractivity contribution in [2.45, 2.75) is 26.2 Å². The summed E-state index contributed by atoms with van der Waals surface area (Å²) < 4.78 is 5.85. The second-order valence-electron chi connectivity index (χ2n) is 6.92. The van der Waals surface area contributed by atoms with E-state index in [1.165, 1.54) is 12.1 Å². The van der Waals surface area contributed by atoms with Crippen LogP contribution in [0.15, 0.2) is 58.3 Å². The van der Waals surface area contributed by atoms with E-state index in [2.05, 4.69) is 20.8 Å². The lowest BCUT2D eigenvalue weighted by molar-refractivity contribution is 0.0950. The van der Waals surface area contributed by atoms with Crippen molar-refractivity contribution >= 4 is 23.2 Å². The molecule has 0 saturated carbocycles. The summed E-state index contributed by atoms with van der Waals surface area (Å²) >= 11 is 0. The number of benzene rings is 1. The first-order chi connectivity index (χ1) is 14.5. The number of amides is 2. The summed E-state index contributed by atoms with van der Waals surface area (Å²) in [6.45, 7) is 1.80. The van der Waals surface area contributed by atoms with Gasteiger partial charge in [-0.3, -0.25) is 14.6 Å². The smallest absolute Gasteiger partial charge is 0.291 e. The standard InChI is InChI=1S/C22H20N4O4/c1-13-19-16(25-26-21(28)15-7-2-3-9-17(15)27)8-4-10-18(19)30-20(13)22(29)24-14-6-5-11-23-12-14/h2-3,5-7,9,11-12,27H,4,8,10H2,1H3,(H,24,29)(H,26,28)/b25-16+. The van der Waals surface area contributed by atoms with Gasteiger partial charge in [0.25, 0.3) is 11.8 Å². The second-order valence-corrected chi connectivity index (χ2v) is 6.92. The molecule has 0 aliphatic heterocycles. The van der Waals surface area contributed by atoms with Crippen LogP contribution >= 0.6 is 0 Å². The zero-order valence-corrected chi connectivity index (χ0v) is 16.3. The molecule has 1 aromatic carbocycles. The molecule has 0 atom stereocenters. The van der Waals surface area contributed by atoms with Gasteiger partial charge < -0.3 is 14.8 Å². The Hall–Kier alpha value is -3.94. The number of pyridine rings is 1. The monoisotopic (exact) mass is 404 g/mol. The number of phenolic OH excluding ortho intramolecular Hbond substituents is 1. The van der Waals surface area contributed by atoms with Gasteiger partial charge in [-0.05, 0) is 44.0 Å². The minimum Gasteiger partial charge on any atom is -0.507 e. The van der Waals surface area contributed by atoms with Gasteiger partial charge in [-0.15, -0.1) is 0 Å². The average Bonchev–Trinajstić information content (AvgIpc) is 3.10. The van der Waals surface area contributed by atoms with Crippen LogP contribution in [0.25, 0.3) is 0 Å². The van der Waals surface area contributed by atoms with Crippen LogP contribution in [0.1, 0.15) is 50.6 Å². The van der Waals surface area contributed by atoms with Gasteiger partial charge in [0.05, 0.1) is 23.2 Å². The summed E-state index contributed by atoms with van der Waals surface area (Å²) in [6.07, 6.45) is 5.28. The number of carbonyl (C=O) groups is 2. The lowest BCUT2D eigenvalue weighted by Crippen LogP contribution is -2.22. The van der Waals surface area contributed by atoms with Gasteiger partial charge in [-0.2, -0.15) is 5.10 Å². The molecule has 2 aromatic heterocycles. The maximum Gasteiger partial charge on any atom is 0.291 e. The first-order valence-corrected chi connectivity index (χ1v) is 9.53. The summed E-state index contributed by atoms with van der Waals surface area (Å²) in [6, 6.07) is 9.72. The number of nitrogens with one attached hydrogen (secondary N) is 2. The highest BCUT2D eigenvalue weighted by atomic mass is 16.4. The van der Waals surface area contributed by atoms with E-state index >= 15 is 0 Å². The molecule has 8 heteroatoms. The summed E-state index contributed by atoms with van der Waals surface area (Å²) in [5, 5.41) is 16.9. The molecular weight excluding hydrogens is 384 g/mol. The Morgan fingerprint density at radius 3 is 2.73 bits per heavy atom. The third kappa shape index (κ3) is 3.80. The molecule has 0 saturated heterocycles. The number of aryl methyl sites for hydroxylation is 1. The maximum absolute atomic E-state index is 12.7. The summed E-state index contributed by atoms with van der Waals surface area (Å²) in [5.74, 6) is -0.111. The molecule has 3 N–H and O–H groups in total. The summed E-state index contributed by atoms with van der Waals surface area (Å²) in [5.41, 5.74) is 5.26. The predicted octanol–water partition coefficient (Wildman–Crippen LogP) is 3.41. The summed E-state index contributed by atoms with van der Waals surface area (Å²) in [4.78, 5) is 29.0. The van der Waals surface area contributed by atoms with Crippen LogP contribution in [0, 0.1) is 6.92 Å². The van der Waals surface area contributed by atoms with Crippen molar-refractivity contribution in [2.75, 3.05) is 5.32 Å². The molecule has 4 rings (SSSR count). The fourth-order valence-electron chi connectivity index (χ4n) is 3.47. The number of aromatic nitrogens is 1. The normalized spacial score (nSPS) is 14.2. The molecule has 8 nitrogen and oxygen atoms in total.